The van der Waals surface area contributed by atoms with E-state index in [0.29, 0.717) is 28.4 Å². The maximum Gasteiger partial charge on any atom is 0.416 e. The number of benzene rings is 2. The van der Waals surface area contributed by atoms with Crippen molar-refractivity contribution < 1.29 is 23.1 Å². The van der Waals surface area contributed by atoms with E-state index in [2.05, 4.69) is 20.5 Å². The number of para-hydroxylation sites is 1. The van der Waals surface area contributed by atoms with Gasteiger partial charge in [-0.3, -0.25) is 9.36 Å². The molecule has 4 aromatic rings. The molecule has 2 aromatic carbocycles. The number of carbonyl (C=O) groups excluding carboxylic acids is 1. The molecule has 4 rings (SSSR count). The van der Waals surface area contributed by atoms with Crippen molar-refractivity contribution in [1.82, 2.24) is 34.4 Å². The standard InChI is InChI=1S/C26H25ClF3N7O3/c1-16(2)11-12-31-24(39)19-5-3-4-6-20(19)37-15-32-22(33-37)14-36-25(40)35(13-21(38)26(28,29)30)23(34-36)17-7-9-18(27)10-8-17/h3-11,15,21,38H,12-14H2,1-2H3,(H,31,39). The van der Waals surface area contributed by atoms with Crippen LogP contribution in [0.4, 0.5) is 13.2 Å². The number of hydrogen-bond acceptors (Lipinski definition) is 6. The van der Waals surface area contributed by atoms with Gasteiger partial charge in [0.15, 0.2) is 17.8 Å². The van der Waals surface area contributed by atoms with Gasteiger partial charge in [0.1, 0.15) is 12.9 Å². The quantitative estimate of drug-likeness (QED) is 0.294. The van der Waals surface area contributed by atoms with Gasteiger partial charge >= 0.3 is 11.9 Å². The lowest BCUT2D eigenvalue weighted by molar-refractivity contribution is -0.207. The number of nitrogens with zero attached hydrogens (tertiary/aromatic N) is 6. The van der Waals surface area contributed by atoms with Crippen molar-refractivity contribution in [2.75, 3.05) is 6.54 Å². The Labute approximate surface area is 231 Å². The van der Waals surface area contributed by atoms with Gasteiger partial charge in [-0.05, 0) is 50.2 Å². The summed E-state index contributed by atoms with van der Waals surface area (Å²) in [7, 11) is 0. The Morgan fingerprint density at radius 2 is 1.82 bits per heavy atom. The third-order valence-corrected chi connectivity index (χ3v) is 6.01. The van der Waals surface area contributed by atoms with E-state index >= 15 is 0 Å². The number of nitrogens with one attached hydrogen (secondary N) is 1. The third-order valence-electron chi connectivity index (χ3n) is 5.76. The van der Waals surface area contributed by atoms with E-state index in [0.717, 1.165) is 14.8 Å². The van der Waals surface area contributed by atoms with Crippen molar-refractivity contribution in [1.29, 1.82) is 0 Å². The summed E-state index contributed by atoms with van der Waals surface area (Å²) < 4.78 is 42.3. The Balaban J connectivity index is 1.64. The number of aliphatic hydroxyl groups is 1. The Bertz CT molecular complexity index is 1590. The molecule has 0 radical (unpaired) electrons. The van der Waals surface area contributed by atoms with E-state index in [1.807, 2.05) is 19.9 Å². The molecule has 10 nitrogen and oxygen atoms in total. The summed E-state index contributed by atoms with van der Waals surface area (Å²) in [5.41, 5.74) is 1.25. The first-order valence-corrected chi connectivity index (χ1v) is 12.4. The Morgan fingerprint density at radius 3 is 2.50 bits per heavy atom. The molecule has 0 spiro atoms. The molecule has 1 amide bonds. The molecule has 14 heteroatoms. The fourth-order valence-corrected chi connectivity index (χ4v) is 3.85. The Morgan fingerprint density at radius 1 is 1.12 bits per heavy atom. The van der Waals surface area contributed by atoms with Gasteiger partial charge in [-0.1, -0.05) is 35.4 Å². The zero-order chi connectivity index (χ0) is 29.0. The second kappa shape index (κ2) is 11.9. The molecule has 0 saturated carbocycles. The van der Waals surface area contributed by atoms with Gasteiger partial charge < -0.3 is 10.4 Å². The molecule has 2 heterocycles. The number of halogens is 4. The van der Waals surface area contributed by atoms with Crippen molar-refractivity contribution in [3.05, 3.63) is 93.4 Å². The van der Waals surface area contributed by atoms with Gasteiger partial charge in [0.2, 0.25) is 0 Å². The van der Waals surface area contributed by atoms with Gasteiger partial charge in [0.05, 0.1) is 17.8 Å². The van der Waals surface area contributed by atoms with Crippen LogP contribution in [0.15, 0.2) is 71.3 Å². The van der Waals surface area contributed by atoms with Gasteiger partial charge in [0.25, 0.3) is 5.91 Å². The van der Waals surface area contributed by atoms with E-state index in [1.165, 1.54) is 35.3 Å². The molecule has 0 fully saturated rings. The van der Waals surface area contributed by atoms with Gasteiger partial charge in [-0.2, -0.15) is 13.2 Å². The van der Waals surface area contributed by atoms with Crippen molar-refractivity contribution in [3.8, 4) is 17.1 Å². The summed E-state index contributed by atoms with van der Waals surface area (Å²) in [5, 5.41) is 21.4. The van der Waals surface area contributed by atoms with E-state index in [-0.39, 0.29) is 24.1 Å². The summed E-state index contributed by atoms with van der Waals surface area (Å²) in [4.78, 5) is 30.0. The normalized spacial score (nSPS) is 12.3. The molecule has 1 atom stereocenters. The number of rotatable bonds is 9. The highest BCUT2D eigenvalue weighted by atomic mass is 35.5. The fourth-order valence-electron chi connectivity index (χ4n) is 3.73. The van der Waals surface area contributed by atoms with Crippen molar-refractivity contribution >= 4 is 17.5 Å². The molecule has 40 heavy (non-hydrogen) atoms. The highest BCUT2D eigenvalue weighted by Crippen LogP contribution is 2.24. The van der Waals surface area contributed by atoms with Crippen LogP contribution in [0, 0.1) is 0 Å². The van der Waals surface area contributed by atoms with Gasteiger partial charge in [-0.15, -0.1) is 10.2 Å². The molecule has 0 aliphatic heterocycles. The number of allylic oxidation sites excluding steroid dienone is 1. The van der Waals surface area contributed by atoms with Crippen molar-refractivity contribution in [3.63, 3.8) is 0 Å². The van der Waals surface area contributed by atoms with Gasteiger partial charge in [0, 0.05) is 17.1 Å². The third kappa shape index (κ3) is 6.66. The summed E-state index contributed by atoms with van der Waals surface area (Å²) in [6, 6.07) is 12.7. The number of amides is 1. The average molecular weight is 576 g/mol. The lowest BCUT2D eigenvalue weighted by Crippen LogP contribution is -2.37. The van der Waals surface area contributed by atoms with Crippen LogP contribution in [0.25, 0.3) is 17.1 Å². The molecule has 210 valence electrons. The lowest BCUT2D eigenvalue weighted by Gasteiger charge is -2.15. The average Bonchev–Trinajstić information content (AvgIpc) is 3.49. The van der Waals surface area contributed by atoms with Gasteiger partial charge in [-0.25, -0.2) is 19.1 Å². The van der Waals surface area contributed by atoms with E-state index in [9.17, 15) is 27.9 Å². The van der Waals surface area contributed by atoms with E-state index in [4.69, 9.17) is 11.6 Å². The Hall–Kier alpha value is -4.23. The summed E-state index contributed by atoms with van der Waals surface area (Å²) in [5.74, 6) is -0.302. The predicted octanol–water partition coefficient (Wildman–Crippen LogP) is 3.61. The minimum absolute atomic E-state index is 0.0946. The molecule has 2 aromatic heterocycles. The van der Waals surface area contributed by atoms with Crippen LogP contribution in [0.1, 0.15) is 30.0 Å². The first-order chi connectivity index (χ1) is 18.9. The fraction of sp³-hybridized carbons (Fsp3) is 0.269. The first-order valence-electron chi connectivity index (χ1n) is 12.0. The topological polar surface area (TPSA) is 120 Å². The number of carbonyl (C=O) groups is 1. The summed E-state index contributed by atoms with van der Waals surface area (Å²) >= 11 is 5.92. The number of aliphatic hydroxyl groups excluding tert-OH is 1. The molecule has 0 aliphatic rings. The monoisotopic (exact) mass is 575 g/mol. The lowest BCUT2D eigenvalue weighted by atomic mass is 10.1. The predicted molar refractivity (Wildman–Crippen MR) is 141 cm³/mol. The SMILES string of the molecule is CC(C)=CCNC(=O)c1ccccc1-n1cnc(Cn2nc(-c3ccc(Cl)cc3)n(CC(O)C(F)(F)F)c2=O)n1. The molecular formula is C26H25ClF3N7O3. The van der Waals surface area contributed by atoms with Crippen LogP contribution in [0.2, 0.25) is 5.02 Å². The van der Waals surface area contributed by atoms with Crippen LogP contribution in [0.5, 0.6) is 0 Å². The van der Waals surface area contributed by atoms with E-state index in [1.54, 1.807) is 24.3 Å². The molecule has 0 aliphatic carbocycles. The molecule has 2 N–H and O–H groups in total. The van der Waals surface area contributed by atoms with Crippen LogP contribution in [-0.4, -0.2) is 59.0 Å². The largest absolute Gasteiger partial charge is 0.416 e. The molecule has 1 unspecified atom stereocenters. The highest BCUT2D eigenvalue weighted by Gasteiger charge is 2.39. The molecule has 0 saturated heterocycles. The van der Waals surface area contributed by atoms with Crippen molar-refractivity contribution in [2.45, 2.75) is 39.2 Å². The van der Waals surface area contributed by atoms with Crippen LogP contribution >= 0.6 is 11.6 Å². The van der Waals surface area contributed by atoms with Crippen LogP contribution in [0.3, 0.4) is 0 Å². The number of hydrogen-bond donors (Lipinski definition) is 2. The van der Waals surface area contributed by atoms with Crippen LogP contribution in [-0.2, 0) is 13.1 Å². The second-order valence-corrected chi connectivity index (χ2v) is 9.49. The molecule has 0 bridgehead atoms. The van der Waals surface area contributed by atoms with E-state index < -0.39 is 24.5 Å². The Kier molecular flexibility index (Phi) is 8.55. The minimum Gasteiger partial charge on any atom is -0.382 e. The summed E-state index contributed by atoms with van der Waals surface area (Å²) in [6.45, 7) is 2.85. The zero-order valence-corrected chi connectivity index (χ0v) is 22.2. The zero-order valence-electron chi connectivity index (χ0n) is 21.4. The van der Waals surface area contributed by atoms with Crippen LogP contribution < -0.4 is 11.0 Å². The second-order valence-electron chi connectivity index (χ2n) is 9.05. The number of aromatic nitrogens is 6. The summed E-state index contributed by atoms with van der Waals surface area (Å²) in [6.07, 6.45) is -4.50. The maximum atomic E-state index is 13.1. The van der Waals surface area contributed by atoms with Crippen molar-refractivity contribution in [2.24, 2.45) is 0 Å². The number of alkyl halides is 3. The minimum atomic E-state index is -4.94. The highest BCUT2D eigenvalue weighted by molar-refractivity contribution is 6.30. The first kappa shape index (κ1) is 28.8. The maximum absolute atomic E-state index is 13.1. The smallest absolute Gasteiger partial charge is 0.382 e. The molecular weight excluding hydrogens is 551 g/mol.